The first-order valence-corrected chi connectivity index (χ1v) is 20.7. The van der Waals surface area contributed by atoms with Crippen molar-refractivity contribution in [1.29, 1.82) is 0 Å². The topological polar surface area (TPSA) is 87.0 Å². The number of aryl methyl sites for hydroxylation is 3. The zero-order valence-electron chi connectivity index (χ0n) is 38.6. The number of phenolic OH excluding ortho intramolecular Hbond substituents is 3. The van der Waals surface area contributed by atoms with Crippen molar-refractivity contribution in [2.24, 2.45) is 5.92 Å². The van der Waals surface area contributed by atoms with E-state index in [0.717, 1.165) is 64.6 Å². The molecule has 3 aromatic rings. The Morgan fingerprint density at radius 1 is 0.618 bits per heavy atom. The molecule has 0 amide bonds. The molecule has 310 valence electrons. The van der Waals surface area contributed by atoms with Crippen molar-refractivity contribution in [2.45, 2.75) is 192 Å². The average Bonchev–Trinajstić information content (AvgIpc) is 3.04. The first kappa shape index (κ1) is 49.5. The van der Waals surface area contributed by atoms with Crippen molar-refractivity contribution in [1.82, 2.24) is 0 Å². The molecule has 0 bridgehead atoms. The molecule has 0 aromatic heterocycles. The van der Waals surface area contributed by atoms with Gasteiger partial charge in [-0.15, -0.1) is 0 Å². The quantitative estimate of drug-likeness (QED) is 0.189. The number of phenols is 3. The van der Waals surface area contributed by atoms with Gasteiger partial charge in [0.1, 0.15) is 17.2 Å². The molecule has 3 N–H and O–H groups in total. The van der Waals surface area contributed by atoms with Crippen LogP contribution >= 0.6 is 0 Å². The Balaban J connectivity index is 0.000000424. The number of esters is 1. The van der Waals surface area contributed by atoms with Gasteiger partial charge in [-0.2, -0.15) is 0 Å². The average molecular weight is 761 g/mol. The predicted octanol–water partition coefficient (Wildman–Crippen LogP) is 13.2. The van der Waals surface area contributed by atoms with Gasteiger partial charge in [0, 0.05) is 6.42 Å². The molecule has 0 aliphatic heterocycles. The smallest absolute Gasteiger partial charge is 0.306 e. The Morgan fingerprint density at radius 3 is 1.45 bits per heavy atom. The van der Waals surface area contributed by atoms with E-state index < -0.39 is 0 Å². The summed E-state index contributed by atoms with van der Waals surface area (Å²) in [5, 5.41) is 31.2. The van der Waals surface area contributed by atoms with E-state index in [0.29, 0.717) is 42.6 Å². The van der Waals surface area contributed by atoms with Gasteiger partial charge < -0.3 is 20.1 Å². The third-order valence-electron chi connectivity index (χ3n) is 10.0. The Morgan fingerprint density at radius 2 is 1.05 bits per heavy atom. The van der Waals surface area contributed by atoms with E-state index in [2.05, 4.69) is 136 Å². The van der Waals surface area contributed by atoms with Crippen LogP contribution < -0.4 is 0 Å². The van der Waals surface area contributed by atoms with Gasteiger partial charge in [-0.3, -0.25) is 4.79 Å². The van der Waals surface area contributed by atoms with E-state index in [1.165, 1.54) is 16.7 Å². The maximum atomic E-state index is 11.7. The fraction of sp³-hybridized carbons (Fsp3) is 0.620. The fourth-order valence-corrected chi connectivity index (χ4v) is 6.78. The lowest BCUT2D eigenvalue weighted by Crippen LogP contribution is -2.18. The maximum Gasteiger partial charge on any atom is 0.306 e. The normalized spacial score (nSPS) is 12.1. The fourth-order valence-electron chi connectivity index (χ4n) is 6.78. The van der Waals surface area contributed by atoms with Crippen LogP contribution in [-0.2, 0) is 56.9 Å². The molecule has 0 saturated carbocycles. The number of hydrogen-bond donors (Lipinski definition) is 3. The third kappa shape index (κ3) is 14.8. The minimum absolute atomic E-state index is 0.000985. The molecule has 0 aliphatic rings. The molecule has 0 spiro atoms. The highest BCUT2D eigenvalue weighted by molar-refractivity contribution is 5.69. The van der Waals surface area contributed by atoms with E-state index in [1.54, 1.807) is 0 Å². The summed E-state index contributed by atoms with van der Waals surface area (Å²) in [4.78, 5) is 11.7. The van der Waals surface area contributed by atoms with Crippen LogP contribution in [0.2, 0.25) is 0 Å². The van der Waals surface area contributed by atoms with Gasteiger partial charge in [0.15, 0.2) is 0 Å². The molecule has 0 heterocycles. The Labute approximate surface area is 337 Å². The summed E-state index contributed by atoms with van der Waals surface area (Å²) in [5.74, 6) is 1.77. The Kier molecular flexibility index (Phi) is 18.1. The van der Waals surface area contributed by atoms with Crippen LogP contribution in [0.4, 0.5) is 0 Å². The van der Waals surface area contributed by atoms with Gasteiger partial charge in [0.25, 0.3) is 0 Å². The maximum absolute atomic E-state index is 11.7. The molecule has 0 unspecified atom stereocenters. The summed E-state index contributed by atoms with van der Waals surface area (Å²) in [5.41, 5.74) is 10.8. The second kappa shape index (κ2) is 20.1. The molecule has 0 atom stereocenters. The van der Waals surface area contributed by atoms with Crippen molar-refractivity contribution in [3.8, 4) is 17.2 Å². The van der Waals surface area contributed by atoms with Crippen LogP contribution in [0.15, 0.2) is 30.3 Å². The molecular formula is C50H80O5. The van der Waals surface area contributed by atoms with Crippen LogP contribution in [0.25, 0.3) is 0 Å². The number of carbonyl (C=O) groups is 1. The van der Waals surface area contributed by atoms with Crippen molar-refractivity contribution < 1.29 is 24.9 Å². The zero-order chi connectivity index (χ0) is 42.9. The lowest BCUT2D eigenvalue weighted by atomic mass is 9.78. The molecule has 55 heavy (non-hydrogen) atoms. The summed E-state index contributed by atoms with van der Waals surface area (Å²) in [6.07, 6.45) is 4.80. The number of aromatic hydroxyl groups is 3. The van der Waals surface area contributed by atoms with E-state index in [9.17, 15) is 20.1 Å². The molecule has 0 aliphatic carbocycles. The van der Waals surface area contributed by atoms with Crippen molar-refractivity contribution in [3.05, 3.63) is 86.0 Å². The van der Waals surface area contributed by atoms with Crippen molar-refractivity contribution in [3.63, 3.8) is 0 Å². The molecule has 0 fully saturated rings. The predicted molar refractivity (Wildman–Crippen MR) is 235 cm³/mol. The summed E-state index contributed by atoms with van der Waals surface area (Å²) in [7, 11) is 0. The minimum Gasteiger partial charge on any atom is -0.507 e. The van der Waals surface area contributed by atoms with E-state index in [1.807, 2.05) is 26.0 Å². The highest BCUT2D eigenvalue weighted by Crippen LogP contribution is 2.40. The standard InChI is InChI=1S/C20H32O3.C16H26O.C14H22O/c1-8-11-23-17(21)10-9-14-12-15(19(2,3)4)18(22)16(13-14)20(5,6)7;1-7-12-9-13(8-11(2)3)15(17)14(10-12)16(4,5)6;1-7-11-9(2)8-12(14(4,5)6)13(15)10(11)3/h12-13,22H,8-11H2,1-7H3;9-11,17H,7-8H2,1-6H3;8,15H,7H2,1-6H3. The number of carbonyl (C=O) groups excluding carboxylic acids is 1. The van der Waals surface area contributed by atoms with Crippen molar-refractivity contribution >= 4 is 5.97 Å². The number of rotatable bonds is 9. The van der Waals surface area contributed by atoms with Gasteiger partial charge >= 0.3 is 5.97 Å². The lowest BCUT2D eigenvalue weighted by Gasteiger charge is -2.28. The molecule has 5 nitrogen and oxygen atoms in total. The summed E-state index contributed by atoms with van der Waals surface area (Å²) in [6, 6.07) is 10.5. The van der Waals surface area contributed by atoms with Crippen LogP contribution in [0, 0.1) is 19.8 Å². The Bertz CT molecular complexity index is 1660. The summed E-state index contributed by atoms with van der Waals surface area (Å²) >= 11 is 0. The largest absolute Gasteiger partial charge is 0.507 e. The molecule has 0 saturated heterocycles. The van der Waals surface area contributed by atoms with E-state index in [4.69, 9.17) is 4.74 Å². The number of ether oxygens (including phenoxy) is 1. The highest BCUT2D eigenvalue weighted by Gasteiger charge is 2.27. The van der Waals surface area contributed by atoms with E-state index in [-0.39, 0.29) is 27.6 Å². The molecule has 3 aromatic carbocycles. The van der Waals surface area contributed by atoms with Crippen LogP contribution in [0.3, 0.4) is 0 Å². The van der Waals surface area contributed by atoms with Gasteiger partial charge in [-0.05, 0) is 129 Å². The molecule has 0 radical (unpaired) electrons. The monoisotopic (exact) mass is 761 g/mol. The van der Waals surface area contributed by atoms with Gasteiger partial charge in [-0.1, -0.05) is 148 Å². The first-order valence-electron chi connectivity index (χ1n) is 20.7. The van der Waals surface area contributed by atoms with Crippen molar-refractivity contribution in [2.75, 3.05) is 6.61 Å². The van der Waals surface area contributed by atoms with Gasteiger partial charge in [0.05, 0.1) is 6.61 Å². The molecular weight excluding hydrogens is 681 g/mol. The second-order valence-electron chi connectivity index (χ2n) is 19.9. The lowest BCUT2D eigenvalue weighted by molar-refractivity contribution is -0.143. The van der Waals surface area contributed by atoms with Gasteiger partial charge in [0.2, 0.25) is 0 Å². The minimum atomic E-state index is -0.158. The second-order valence-corrected chi connectivity index (χ2v) is 19.9. The SMILES string of the molecule is CCCOC(=O)CCc1cc(C(C)(C)C)c(O)c(C(C)(C)C)c1.CCc1c(C)cc(C(C)(C)C)c(O)c1C.CCc1cc(CC(C)C)c(O)c(C(C)(C)C)c1. The van der Waals surface area contributed by atoms with Crippen LogP contribution in [0.1, 0.15) is 186 Å². The molecule has 5 heteroatoms. The number of hydrogen-bond acceptors (Lipinski definition) is 5. The van der Waals surface area contributed by atoms with Crippen LogP contribution in [0.5, 0.6) is 17.2 Å². The third-order valence-corrected chi connectivity index (χ3v) is 10.0. The summed E-state index contributed by atoms with van der Waals surface area (Å²) in [6.45, 7) is 40.7. The van der Waals surface area contributed by atoms with E-state index >= 15 is 0 Å². The highest BCUT2D eigenvalue weighted by atomic mass is 16.5. The zero-order valence-corrected chi connectivity index (χ0v) is 38.6. The Hall–Kier alpha value is -3.47. The molecule has 3 rings (SSSR count). The van der Waals surface area contributed by atoms with Gasteiger partial charge in [-0.25, -0.2) is 0 Å². The summed E-state index contributed by atoms with van der Waals surface area (Å²) < 4.78 is 5.14. The first-order chi connectivity index (χ1) is 25.0. The van der Waals surface area contributed by atoms with Crippen LogP contribution in [-0.4, -0.2) is 27.9 Å². The number of benzene rings is 3.